The number of carboxylic acid groups (broad SMARTS) is 1. The maximum absolute atomic E-state index is 12.0. The molecular weight excluding hydrogens is 436 g/mol. The molecule has 0 bridgehead atoms. The summed E-state index contributed by atoms with van der Waals surface area (Å²) in [5.41, 5.74) is 0.898. The van der Waals surface area contributed by atoms with E-state index in [9.17, 15) is 9.90 Å². The normalized spacial score (nSPS) is 12.9. The predicted molar refractivity (Wildman–Crippen MR) is 126 cm³/mol. The highest BCUT2D eigenvalue weighted by Crippen LogP contribution is 2.25. The van der Waals surface area contributed by atoms with Gasteiger partial charge in [-0.2, -0.15) is 10.0 Å². The predicted octanol–water partition coefficient (Wildman–Crippen LogP) is 5.67. The molecule has 0 spiro atoms. The van der Waals surface area contributed by atoms with Gasteiger partial charge >= 0.3 is 6.09 Å². The topological polar surface area (TPSA) is 79.4 Å². The minimum absolute atomic E-state index is 0.225. The Hall–Kier alpha value is -2.32. The molecule has 170 valence electrons. The quantitative estimate of drug-likeness (QED) is 0.338. The van der Waals surface area contributed by atoms with Crippen LogP contribution in [-0.2, 0) is 6.54 Å². The van der Waals surface area contributed by atoms with Crippen molar-refractivity contribution in [2.75, 3.05) is 7.11 Å². The van der Waals surface area contributed by atoms with E-state index in [0.717, 1.165) is 39.8 Å². The van der Waals surface area contributed by atoms with E-state index in [1.54, 1.807) is 57.4 Å². The first-order valence-electron chi connectivity index (χ1n) is 10.2. The first-order chi connectivity index (χ1) is 14.5. The van der Waals surface area contributed by atoms with Crippen LogP contribution in [0.25, 0.3) is 0 Å². The van der Waals surface area contributed by atoms with Crippen molar-refractivity contribution in [3.63, 3.8) is 0 Å². The van der Waals surface area contributed by atoms with Gasteiger partial charge in [0.25, 0.3) is 0 Å². The Morgan fingerprint density at radius 1 is 1.32 bits per heavy atom. The highest BCUT2D eigenvalue weighted by molar-refractivity contribution is 7.09. The van der Waals surface area contributed by atoms with Crippen LogP contribution in [0.4, 0.5) is 4.79 Å². The number of rotatable bonds is 6. The number of unbranched alkanes of at least 4 members (excludes halogenated alkanes) is 1. The highest BCUT2D eigenvalue weighted by Gasteiger charge is 2.28. The molecule has 1 heterocycles. The van der Waals surface area contributed by atoms with Crippen LogP contribution in [0.2, 0.25) is 5.02 Å². The number of aryl methyl sites for hydroxylation is 1. The van der Waals surface area contributed by atoms with Crippen LogP contribution in [0, 0.1) is 13.8 Å². The van der Waals surface area contributed by atoms with E-state index in [4.69, 9.17) is 21.3 Å². The van der Waals surface area contributed by atoms with E-state index in [-0.39, 0.29) is 5.84 Å². The summed E-state index contributed by atoms with van der Waals surface area (Å²) in [5, 5.41) is 15.7. The summed E-state index contributed by atoms with van der Waals surface area (Å²) in [6.07, 6.45) is 0.903. The number of ether oxygens (including phenoxy) is 1. The van der Waals surface area contributed by atoms with Gasteiger partial charge in [0.05, 0.1) is 18.2 Å². The van der Waals surface area contributed by atoms with Gasteiger partial charge in [0, 0.05) is 22.1 Å². The van der Waals surface area contributed by atoms with E-state index in [1.165, 1.54) is 0 Å². The Morgan fingerprint density at radius 3 is 2.55 bits per heavy atom. The maximum Gasteiger partial charge on any atom is 0.428 e. The number of halogens is 1. The fourth-order valence-electron chi connectivity index (χ4n) is 2.92. The second-order valence-electron chi connectivity index (χ2n) is 8.18. The summed E-state index contributed by atoms with van der Waals surface area (Å²) in [7, 11) is 1.55. The summed E-state index contributed by atoms with van der Waals surface area (Å²) < 4.78 is 7.65. The van der Waals surface area contributed by atoms with E-state index in [1.807, 2.05) is 0 Å². The fraction of sp³-hybridized carbons (Fsp3) is 0.500. The number of aromatic nitrogens is 1. The minimum Gasteiger partial charge on any atom is -0.496 e. The first-order valence-corrected chi connectivity index (χ1v) is 11.4. The molecule has 31 heavy (non-hydrogen) atoms. The molecule has 0 radical (unpaired) electrons. The second kappa shape index (κ2) is 10.3. The van der Waals surface area contributed by atoms with Crippen molar-refractivity contribution in [1.82, 2.24) is 9.58 Å². The van der Waals surface area contributed by atoms with Gasteiger partial charge in [-0.05, 0) is 59.2 Å². The zero-order chi connectivity index (χ0) is 23.3. The summed E-state index contributed by atoms with van der Waals surface area (Å²) in [5.74, 6) is 0.736. The molecule has 0 aliphatic carbocycles. The number of benzene rings is 1. The zero-order valence-electron chi connectivity index (χ0n) is 19.2. The summed E-state index contributed by atoms with van der Waals surface area (Å²) in [6, 6.07) is 5.12. The average molecular weight is 467 g/mol. The fourth-order valence-corrected chi connectivity index (χ4v) is 4.09. The van der Waals surface area contributed by atoms with Gasteiger partial charge in [0.15, 0.2) is 10.6 Å². The minimum atomic E-state index is -1.17. The van der Waals surface area contributed by atoms with E-state index >= 15 is 0 Å². The molecule has 0 aliphatic rings. The Kier molecular flexibility index (Phi) is 8.31. The van der Waals surface area contributed by atoms with Crippen molar-refractivity contribution >= 4 is 34.9 Å². The Balaban J connectivity index is 2.84. The number of nitrogens with zero attached hydrogens (tertiary/aromatic N) is 4. The molecule has 1 amide bonds. The number of hydrogen-bond acceptors (Lipinski definition) is 4. The van der Waals surface area contributed by atoms with Gasteiger partial charge < -0.3 is 14.4 Å². The lowest BCUT2D eigenvalue weighted by atomic mass is 10.1. The molecule has 1 N–H and O–H groups in total. The summed E-state index contributed by atoms with van der Waals surface area (Å²) in [4.78, 5) is 18.7. The number of amides is 1. The lowest BCUT2D eigenvalue weighted by Crippen LogP contribution is -2.41. The molecule has 0 saturated carbocycles. The number of thiazole rings is 1. The largest absolute Gasteiger partial charge is 0.496 e. The smallest absolute Gasteiger partial charge is 0.428 e. The molecule has 2 rings (SSSR count). The van der Waals surface area contributed by atoms with Crippen LogP contribution in [0.15, 0.2) is 28.3 Å². The van der Waals surface area contributed by atoms with Gasteiger partial charge in [0.1, 0.15) is 5.75 Å². The molecular formula is C22H31ClN4O3S. The van der Waals surface area contributed by atoms with Crippen molar-refractivity contribution < 1.29 is 14.6 Å². The van der Waals surface area contributed by atoms with Crippen molar-refractivity contribution in [3.8, 4) is 5.75 Å². The second-order valence-corrected chi connectivity index (χ2v) is 9.79. The van der Waals surface area contributed by atoms with E-state index in [2.05, 4.69) is 30.4 Å². The van der Waals surface area contributed by atoms with E-state index in [0.29, 0.717) is 16.3 Å². The third kappa shape index (κ3) is 6.11. The lowest BCUT2D eigenvalue weighted by Gasteiger charge is -2.28. The van der Waals surface area contributed by atoms with Crippen molar-refractivity contribution in [2.24, 2.45) is 10.1 Å². The molecule has 7 nitrogen and oxygen atoms in total. The SMILES string of the molecule is CCCCn1c(C)c(C)s/c1=N\C(=N/N(C(=O)O)C(C)(C)C)c1cc(Cl)ccc1OC. The van der Waals surface area contributed by atoms with Crippen LogP contribution < -0.4 is 9.54 Å². The van der Waals surface area contributed by atoms with Gasteiger partial charge in [-0.25, -0.2) is 4.79 Å². The number of hydrazone groups is 1. The Morgan fingerprint density at radius 2 is 2.00 bits per heavy atom. The number of methoxy groups -OCH3 is 1. The summed E-state index contributed by atoms with van der Waals surface area (Å²) >= 11 is 7.81. The average Bonchev–Trinajstić information content (AvgIpc) is 2.95. The summed E-state index contributed by atoms with van der Waals surface area (Å²) in [6.45, 7) is 12.4. The third-order valence-electron chi connectivity index (χ3n) is 4.74. The molecule has 1 aromatic heterocycles. The molecule has 9 heteroatoms. The van der Waals surface area contributed by atoms with Crippen LogP contribution >= 0.6 is 22.9 Å². The number of hydrogen-bond donors (Lipinski definition) is 1. The molecule has 0 saturated heterocycles. The number of amidine groups is 1. The van der Waals surface area contributed by atoms with Crippen molar-refractivity contribution in [3.05, 3.63) is 44.2 Å². The Labute approximate surface area is 192 Å². The van der Waals surface area contributed by atoms with Crippen molar-refractivity contribution in [1.29, 1.82) is 0 Å². The van der Waals surface area contributed by atoms with Crippen LogP contribution in [0.1, 0.15) is 56.7 Å². The number of carbonyl (C=O) groups is 1. The third-order valence-corrected chi connectivity index (χ3v) is 6.07. The zero-order valence-corrected chi connectivity index (χ0v) is 20.8. The molecule has 0 fully saturated rings. The first kappa shape index (κ1) is 24.9. The monoisotopic (exact) mass is 466 g/mol. The molecule has 2 aromatic rings. The van der Waals surface area contributed by atoms with Gasteiger partial charge in [-0.3, -0.25) is 0 Å². The van der Waals surface area contributed by atoms with Crippen LogP contribution in [0.5, 0.6) is 5.75 Å². The molecule has 1 aromatic carbocycles. The van der Waals surface area contributed by atoms with Crippen molar-refractivity contribution in [2.45, 2.75) is 66.5 Å². The highest BCUT2D eigenvalue weighted by atomic mass is 35.5. The standard InChI is InChI=1S/C22H31ClN4O3S/c1-8-9-12-26-14(2)15(3)31-20(26)24-19(25-27(21(28)29)22(4,5)6)17-13-16(23)10-11-18(17)30-7/h10-11,13H,8-9,12H2,1-7H3,(H,28,29)/b24-20-,25-19-. The molecule has 0 unspecified atom stereocenters. The van der Waals surface area contributed by atoms with Gasteiger partial charge in [0.2, 0.25) is 0 Å². The molecule has 0 aliphatic heterocycles. The maximum atomic E-state index is 12.0. The lowest BCUT2D eigenvalue weighted by molar-refractivity contribution is 0.103. The van der Waals surface area contributed by atoms with Gasteiger partial charge in [-0.15, -0.1) is 16.4 Å². The van der Waals surface area contributed by atoms with E-state index < -0.39 is 11.6 Å². The van der Waals surface area contributed by atoms with Gasteiger partial charge in [-0.1, -0.05) is 24.9 Å². The van der Waals surface area contributed by atoms with Crippen LogP contribution in [0.3, 0.4) is 0 Å². The Bertz CT molecular complexity index is 1030. The molecule has 0 atom stereocenters. The van der Waals surface area contributed by atoms with Crippen LogP contribution in [-0.4, -0.2) is 39.3 Å².